The number of hydrogen-bond donors (Lipinski definition) is 2. The van der Waals surface area contributed by atoms with Crippen molar-refractivity contribution >= 4 is 15.7 Å². The molecule has 1 aliphatic rings. The van der Waals surface area contributed by atoms with Gasteiger partial charge in [-0.15, -0.1) is 0 Å². The lowest BCUT2D eigenvalue weighted by atomic mass is 10.3. The third-order valence-corrected chi connectivity index (χ3v) is 4.64. The van der Waals surface area contributed by atoms with Crippen LogP contribution in [0.2, 0.25) is 0 Å². The van der Waals surface area contributed by atoms with Gasteiger partial charge in [-0.3, -0.25) is 0 Å². The first kappa shape index (κ1) is 15.3. The summed E-state index contributed by atoms with van der Waals surface area (Å²) in [6, 6.07) is 7.12. The SMILES string of the molecule is CCOCCCNc1ccccc1S(=O)(=O)NC1CC1. The summed E-state index contributed by atoms with van der Waals surface area (Å²) in [5.41, 5.74) is 0.650. The van der Waals surface area contributed by atoms with Crippen LogP contribution in [0.25, 0.3) is 0 Å². The highest BCUT2D eigenvalue weighted by atomic mass is 32.2. The maximum Gasteiger partial charge on any atom is 0.242 e. The van der Waals surface area contributed by atoms with Crippen molar-refractivity contribution in [1.29, 1.82) is 0 Å². The topological polar surface area (TPSA) is 67.4 Å². The molecule has 1 aliphatic carbocycles. The second-order valence-electron chi connectivity index (χ2n) is 4.87. The van der Waals surface area contributed by atoms with Gasteiger partial charge in [-0.05, 0) is 38.3 Å². The molecule has 5 nitrogen and oxygen atoms in total. The van der Waals surface area contributed by atoms with Crippen LogP contribution in [-0.4, -0.2) is 34.2 Å². The van der Waals surface area contributed by atoms with E-state index < -0.39 is 10.0 Å². The summed E-state index contributed by atoms with van der Waals surface area (Å²) in [6.07, 6.45) is 2.71. The Hall–Kier alpha value is -1.11. The molecule has 1 saturated carbocycles. The quantitative estimate of drug-likeness (QED) is 0.684. The van der Waals surface area contributed by atoms with Crippen LogP contribution in [0.5, 0.6) is 0 Å². The molecule has 0 saturated heterocycles. The van der Waals surface area contributed by atoms with Gasteiger partial charge in [0.25, 0.3) is 0 Å². The van der Waals surface area contributed by atoms with Crippen molar-refractivity contribution in [3.8, 4) is 0 Å². The number of hydrogen-bond acceptors (Lipinski definition) is 4. The molecule has 1 aromatic carbocycles. The Morgan fingerprint density at radius 2 is 2.05 bits per heavy atom. The van der Waals surface area contributed by atoms with Crippen molar-refractivity contribution in [3.05, 3.63) is 24.3 Å². The zero-order valence-electron chi connectivity index (χ0n) is 11.8. The van der Waals surface area contributed by atoms with Gasteiger partial charge in [0.15, 0.2) is 0 Å². The minimum absolute atomic E-state index is 0.117. The molecule has 2 N–H and O–H groups in total. The lowest BCUT2D eigenvalue weighted by Crippen LogP contribution is -2.26. The van der Waals surface area contributed by atoms with Crippen molar-refractivity contribution in [2.75, 3.05) is 25.1 Å². The van der Waals surface area contributed by atoms with Crippen molar-refractivity contribution < 1.29 is 13.2 Å². The van der Waals surface area contributed by atoms with Crippen LogP contribution in [0.1, 0.15) is 26.2 Å². The van der Waals surface area contributed by atoms with Crippen molar-refractivity contribution in [1.82, 2.24) is 4.72 Å². The monoisotopic (exact) mass is 298 g/mol. The summed E-state index contributed by atoms with van der Waals surface area (Å²) in [6.45, 7) is 4.03. The summed E-state index contributed by atoms with van der Waals surface area (Å²) in [5.74, 6) is 0. The number of anilines is 1. The highest BCUT2D eigenvalue weighted by molar-refractivity contribution is 7.89. The van der Waals surface area contributed by atoms with Gasteiger partial charge in [-0.25, -0.2) is 13.1 Å². The van der Waals surface area contributed by atoms with Gasteiger partial charge in [-0.2, -0.15) is 0 Å². The zero-order chi connectivity index (χ0) is 14.4. The third kappa shape index (κ3) is 4.47. The van der Waals surface area contributed by atoms with E-state index in [0.717, 1.165) is 19.3 Å². The minimum atomic E-state index is -3.42. The van der Waals surface area contributed by atoms with Crippen LogP contribution in [0.4, 0.5) is 5.69 Å². The second kappa shape index (κ2) is 7.06. The molecular formula is C14H22N2O3S. The van der Waals surface area contributed by atoms with Crippen LogP contribution >= 0.6 is 0 Å². The van der Waals surface area contributed by atoms with E-state index in [2.05, 4.69) is 10.0 Å². The molecule has 2 rings (SSSR count). The summed E-state index contributed by atoms with van der Waals surface area (Å²) < 4.78 is 32.5. The molecule has 112 valence electrons. The highest BCUT2D eigenvalue weighted by Gasteiger charge is 2.29. The maximum absolute atomic E-state index is 12.3. The molecule has 1 fully saturated rings. The molecular weight excluding hydrogens is 276 g/mol. The Bertz CT molecular complexity index is 527. The molecule has 0 radical (unpaired) electrons. The summed E-state index contributed by atoms with van der Waals surface area (Å²) in [4.78, 5) is 0.323. The summed E-state index contributed by atoms with van der Waals surface area (Å²) >= 11 is 0. The molecule has 20 heavy (non-hydrogen) atoms. The molecule has 0 atom stereocenters. The van der Waals surface area contributed by atoms with Crippen LogP contribution in [0.15, 0.2) is 29.2 Å². The Kier molecular flexibility index (Phi) is 5.39. The van der Waals surface area contributed by atoms with Gasteiger partial charge in [-0.1, -0.05) is 12.1 Å². The lowest BCUT2D eigenvalue weighted by molar-refractivity contribution is 0.147. The first-order valence-electron chi connectivity index (χ1n) is 7.06. The molecule has 0 bridgehead atoms. The third-order valence-electron chi connectivity index (χ3n) is 3.06. The van der Waals surface area contributed by atoms with Crippen molar-refractivity contribution in [2.45, 2.75) is 37.1 Å². The maximum atomic E-state index is 12.3. The average molecular weight is 298 g/mol. The number of benzene rings is 1. The first-order chi connectivity index (χ1) is 9.63. The van der Waals surface area contributed by atoms with Crippen LogP contribution in [0.3, 0.4) is 0 Å². The Morgan fingerprint density at radius 3 is 2.75 bits per heavy atom. The van der Waals surface area contributed by atoms with E-state index >= 15 is 0 Å². The molecule has 0 amide bonds. The lowest BCUT2D eigenvalue weighted by Gasteiger charge is -2.13. The van der Waals surface area contributed by atoms with E-state index in [9.17, 15) is 8.42 Å². The number of para-hydroxylation sites is 1. The van der Waals surface area contributed by atoms with Crippen LogP contribution < -0.4 is 10.0 Å². The average Bonchev–Trinajstić information content (AvgIpc) is 3.22. The highest BCUT2D eigenvalue weighted by Crippen LogP contribution is 2.25. The summed E-state index contributed by atoms with van der Waals surface area (Å²) in [7, 11) is -3.42. The Labute approximate surface area is 120 Å². The first-order valence-corrected chi connectivity index (χ1v) is 8.55. The van der Waals surface area contributed by atoms with Gasteiger partial charge in [0.05, 0.1) is 5.69 Å². The molecule has 0 aliphatic heterocycles. The van der Waals surface area contributed by atoms with Crippen molar-refractivity contribution in [2.24, 2.45) is 0 Å². The molecule has 0 heterocycles. The van der Waals surface area contributed by atoms with Gasteiger partial charge in [0, 0.05) is 25.8 Å². The molecule has 0 aromatic heterocycles. The van der Waals surface area contributed by atoms with E-state index in [1.165, 1.54) is 0 Å². The fraction of sp³-hybridized carbons (Fsp3) is 0.571. The van der Waals surface area contributed by atoms with E-state index in [4.69, 9.17) is 4.74 Å². The molecule has 0 spiro atoms. The van der Waals surface area contributed by atoms with Gasteiger partial charge in [0.2, 0.25) is 10.0 Å². The normalized spacial score (nSPS) is 15.2. The molecule has 0 unspecified atom stereocenters. The smallest absolute Gasteiger partial charge is 0.242 e. The van der Waals surface area contributed by atoms with Gasteiger partial charge < -0.3 is 10.1 Å². The largest absolute Gasteiger partial charge is 0.384 e. The zero-order valence-corrected chi connectivity index (χ0v) is 12.6. The Balaban J connectivity index is 1.98. The molecule has 6 heteroatoms. The van der Waals surface area contributed by atoms with Gasteiger partial charge in [0.1, 0.15) is 4.90 Å². The minimum Gasteiger partial charge on any atom is -0.384 e. The number of rotatable bonds is 9. The predicted octanol–water partition coefficient (Wildman–Crippen LogP) is 1.97. The van der Waals surface area contributed by atoms with E-state index in [1.807, 2.05) is 13.0 Å². The Morgan fingerprint density at radius 1 is 1.30 bits per heavy atom. The van der Waals surface area contributed by atoms with Crippen LogP contribution in [0, 0.1) is 0 Å². The molecule has 1 aromatic rings. The van der Waals surface area contributed by atoms with E-state index in [0.29, 0.717) is 30.3 Å². The number of ether oxygens (including phenoxy) is 1. The number of nitrogens with one attached hydrogen (secondary N) is 2. The second-order valence-corrected chi connectivity index (χ2v) is 6.55. The number of sulfonamides is 1. The van der Waals surface area contributed by atoms with Gasteiger partial charge >= 0.3 is 0 Å². The summed E-state index contributed by atoms with van der Waals surface area (Å²) in [5, 5.41) is 3.17. The van der Waals surface area contributed by atoms with E-state index in [-0.39, 0.29) is 6.04 Å². The fourth-order valence-electron chi connectivity index (χ4n) is 1.87. The van der Waals surface area contributed by atoms with Crippen LogP contribution in [-0.2, 0) is 14.8 Å². The van der Waals surface area contributed by atoms with E-state index in [1.54, 1.807) is 18.2 Å². The predicted molar refractivity (Wildman–Crippen MR) is 79.4 cm³/mol. The fourth-order valence-corrected chi connectivity index (χ4v) is 3.36. The standard InChI is InChI=1S/C14H22N2O3S/c1-2-19-11-5-10-15-13-6-3-4-7-14(13)20(17,18)16-12-8-9-12/h3-4,6-7,12,15-16H,2,5,8-11H2,1H3. The van der Waals surface area contributed by atoms with Crippen molar-refractivity contribution in [3.63, 3.8) is 0 Å².